The van der Waals surface area contributed by atoms with Gasteiger partial charge in [-0.25, -0.2) is 9.79 Å². The molecule has 1 heterocycles. The van der Waals surface area contributed by atoms with E-state index in [0.29, 0.717) is 11.3 Å². The Morgan fingerprint density at radius 3 is 2.68 bits per heavy atom. The summed E-state index contributed by atoms with van der Waals surface area (Å²) in [5, 5.41) is 9.12. The molecule has 0 saturated heterocycles. The van der Waals surface area contributed by atoms with Crippen molar-refractivity contribution in [2.75, 3.05) is 0 Å². The van der Waals surface area contributed by atoms with E-state index < -0.39 is 5.97 Å². The van der Waals surface area contributed by atoms with Gasteiger partial charge in [0.05, 0.1) is 6.20 Å². The van der Waals surface area contributed by atoms with Crippen LogP contribution in [0.15, 0.2) is 75.8 Å². The van der Waals surface area contributed by atoms with Gasteiger partial charge in [0.15, 0.2) is 0 Å². The number of hydrogen-bond donors (Lipinski definition) is 1. The average Bonchev–Trinajstić information content (AvgIpc) is 2.52. The average molecular weight is 295 g/mol. The molecule has 0 saturated carbocycles. The molecule has 1 N–H and O–H groups in total. The van der Waals surface area contributed by atoms with E-state index in [0.717, 1.165) is 0 Å². The maximum absolute atomic E-state index is 11.1. The van der Waals surface area contributed by atoms with Crippen molar-refractivity contribution in [3.05, 3.63) is 66.3 Å². The van der Waals surface area contributed by atoms with E-state index in [4.69, 9.17) is 9.84 Å². The molecule has 0 atom stereocenters. The summed E-state index contributed by atoms with van der Waals surface area (Å²) in [5.74, 6) is -0.587. The first kappa shape index (κ1) is 15.1. The first-order valence-electron chi connectivity index (χ1n) is 6.37. The number of carboxylic acids is 1. The maximum atomic E-state index is 11.1. The summed E-state index contributed by atoms with van der Waals surface area (Å²) < 4.78 is 5.45. The van der Waals surface area contributed by atoms with Gasteiger partial charge in [-0.1, -0.05) is 12.1 Å². The summed E-state index contributed by atoms with van der Waals surface area (Å²) >= 11 is 0. The van der Waals surface area contributed by atoms with Gasteiger partial charge in [-0.05, 0) is 24.3 Å². The molecule has 2 rings (SSSR count). The Hall–Kier alpha value is -3.28. The SMILES string of the molecule is O=C(O)/C1=C/C=C\N=CC=N/C=C\Oc2ccccc2C=N1. The standard InChI is InChI=1S/C16H13N3O3/c20-16(21)14-5-3-7-17-8-9-18-10-11-22-15-6-2-1-4-13(15)12-19-14/h1-12H,(H,20,21)/b7-3-,11-10-,14-5-,17-8?,18-9?,19-12?. The van der Waals surface area contributed by atoms with Crippen LogP contribution in [0.25, 0.3) is 0 Å². The smallest absolute Gasteiger partial charge is 0.354 e. The third kappa shape index (κ3) is 4.68. The van der Waals surface area contributed by atoms with Gasteiger partial charge < -0.3 is 9.84 Å². The molecule has 6 heteroatoms. The van der Waals surface area contributed by atoms with Crippen molar-refractivity contribution in [2.45, 2.75) is 0 Å². The third-order valence-electron chi connectivity index (χ3n) is 2.49. The number of benzene rings is 1. The predicted octanol–water partition coefficient (Wildman–Crippen LogP) is 2.59. The Bertz CT molecular complexity index is 713. The van der Waals surface area contributed by atoms with Crippen molar-refractivity contribution in [3.63, 3.8) is 0 Å². The molecule has 0 aliphatic carbocycles. The minimum absolute atomic E-state index is 0.111. The molecule has 1 aromatic carbocycles. The van der Waals surface area contributed by atoms with Crippen LogP contribution in [-0.2, 0) is 4.79 Å². The van der Waals surface area contributed by atoms with Crippen molar-refractivity contribution in [2.24, 2.45) is 15.0 Å². The van der Waals surface area contributed by atoms with Gasteiger partial charge in [0, 0.05) is 30.4 Å². The minimum Gasteiger partial charge on any atom is -0.477 e. The molecule has 1 aliphatic rings. The number of ether oxygens (including phenoxy) is 1. The largest absolute Gasteiger partial charge is 0.477 e. The van der Waals surface area contributed by atoms with Crippen molar-refractivity contribution in [1.29, 1.82) is 0 Å². The van der Waals surface area contributed by atoms with Crippen LogP contribution in [0, 0.1) is 0 Å². The number of carbonyl (C=O) groups is 1. The normalized spacial score (nSPS) is 19.7. The molecule has 0 unspecified atom stereocenters. The van der Waals surface area contributed by atoms with Gasteiger partial charge >= 0.3 is 5.97 Å². The van der Waals surface area contributed by atoms with Crippen LogP contribution in [0.5, 0.6) is 5.75 Å². The van der Waals surface area contributed by atoms with Crippen LogP contribution in [0.2, 0.25) is 0 Å². The summed E-state index contributed by atoms with van der Waals surface area (Å²) in [5.41, 5.74) is 0.540. The number of nitrogens with zero attached hydrogens (tertiary/aromatic N) is 3. The second-order valence-electron chi connectivity index (χ2n) is 3.99. The van der Waals surface area contributed by atoms with Crippen LogP contribution in [0.3, 0.4) is 0 Å². The fourth-order valence-electron chi connectivity index (χ4n) is 1.50. The highest BCUT2D eigenvalue weighted by Gasteiger charge is 2.04. The Balaban J connectivity index is 2.40. The zero-order valence-electron chi connectivity index (χ0n) is 11.5. The molecule has 0 spiro atoms. The predicted molar refractivity (Wildman–Crippen MR) is 85.6 cm³/mol. The number of allylic oxidation sites excluding steroid dienone is 2. The summed E-state index contributed by atoms with van der Waals surface area (Å²) in [6.07, 6.45) is 11.6. The number of carboxylic acid groups (broad SMARTS) is 1. The van der Waals surface area contributed by atoms with E-state index in [1.54, 1.807) is 18.2 Å². The topological polar surface area (TPSA) is 83.6 Å². The highest BCUT2D eigenvalue weighted by molar-refractivity contribution is 6.16. The molecule has 0 fully saturated rings. The first-order chi connectivity index (χ1) is 10.8. The number of hydrogen-bond acceptors (Lipinski definition) is 5. The van der Waals surface area contributed by atoms with Crippen molar-refractivity contribution < 1.29 is 14.6 Å². The number of aliphatic carboxylic acids is 1. The summed E-state index contributed by atoms with van der Waals surface area (Å²) in [6.45, 7) is 0. The Labute approximate surface area is 127 Å². The van der Waals surface area contributed by atoms with Gasteiger partial charge in [-0.3, -0.25) is 9.98 Å². The lowest BCUT2D eigenvalue weighted by Gasteiger charge is -2.03. The van der Waals surface area contributed by atoms with Crippen LogP contribution in [0.1, 0.15) is 5.56 Å². The van der Waals surface area contributed by atoms with Crippen molar-refractivity contribution >= 4 is 24.6 Å². The highest BCUT2D eigenvalue weighted by atomic mass is 16.5. The lowest BCUT2D eigenvalue weighted by atomic mass is 10.2. The van der Waals surface area contributed by atoms with Gasteiger partial charge in [0.25, 0.3) is 0 Å². The summed E-state index contributed by atoms with van der Waals surface area (Å²) in [4.78, 5) is 23.0. The van der Waals surface area contributed by atoms with E-state index in [1.807, 2.05) is 6.07 Å². The molecule has 0 aromatic heterocycles. The monoisotopic (exact) mass is 295 g/mol. The second kappa shape index (κ2) is 8.11. The van der Waals surface area contributed by atoms with Gasteiger partial charge in [0.2, 0.25) is 0 Å². The van der Waals surface area contributed by atoms with Crippen molar-refractivity contribution in [3.8, 4) is 5.75 Å². The Kier molecular flexibility index (Phi) is 5.57. The van der Waals surface area contributed by atoms with Crippen LogP contribution in [0.4, 0.5) is 0 Å². The quantitative estimate of drug-likeness (QED) is 0.864. The van der Waals surface area contributed by atoms with Crippen LogP contribution in [-0.4, -0.2) is 29.7 Å². The minimum atomic E-state index is -1.13. The van der Waals surface area contributed by atoms with Gasteiger partial charge in [0.1, 0.15) is 17.7 Å². The highest BCUT2D eigenvalue weighted by Crippen LogP contribution is 2.16. The molecule has 22 heavy (non-hydrogen) atoms. The van der Waals surface area contributed by atoms with E-state index >= 15 is 0 Å². The molecular formula is C16H13N3O3. The molecule has 0 amide bonds. The second-order valence-corrected chi connectivity index (χ2v) is 3.99. The van der Waals surface area contributed by atoms with Crippen molar-refractivity contribution in [1.82, 2.24) is 0 Å². The molecule has 0 bridgehead atoms. The van der Waals surface area contributed by atoms with E-state index in [9.17, 15) is 4.79 Å². The van der Waals surface area contributed by atoms with Crippen LogP contribution < -0.4 is 4.74 Å². The molecule has 1 aromatic rings. The molecule has 6 nitrogen and oxygen atoms in total. The van der Waals surface area contributed by atoms with Gasteiger partial charge in [-0.15, -0.1) is 0 Å². The molecule has 0 radical (unpaired) electrons. The van der Waals surface area contributed by atoms with E-state index in [1.165, 1.54) is 49.5 Å². The number of para-hydroxylation sites is 1. The fourth-order valence-corrected chi connectivity index (χ4v) is 1.50. The fraction of sp³-hybridized carbons (Fsp3) is 0. The van der Waals surface area contributed by atoms with E-state index in [-0.39, 0.29) is 5.70 Å². The lowest BCUT2D eigenvalue weighted by Crippen LogP contribution is -1.98. The number of rotatable bonds is 1. The van der Waals surface area contributed by atoms with Gasteiger partial charge in [-0.2, -0.15) is 0 Å². The maximum Gasteiger partial charge on any atom is 0.354 e. The number of fused-ring (bicyclic) bond motifs is 1. The third-order valence-corrected chi connectivity index (χ3v) is 2.49. The zero-order chi connectivity index (χ0) is 15.6. The lowest BCUT2D eigenvalue weighted by molar-refractivity contribution is -0.132. The Morgan fingerprint density at radius 2 is 1.86 bits per heavy atom. The Morgan fingerprint density at radius 1 is 1.09 bits per heavy atom. The van der Waals surface area contributed by atoms with Crippen LogP contribution >= 0.6 is 0 Å². The molecular weight excluding hydrogens is 282 g/mol. The number of aliphatic imine (C=N–C) groups is 3. The summed E-state index contributed by atoms with van der Waals surface area (Å²) in [6, 6.07) is 7.13. The zero-order valence-corrected chi connectivity index (χ0v) is 11.5. The first-order valence-corrected chi connectivity index (χ1v) is 6.37. The molecule has 1 aliphatic heterocycles. The summed E-state index contributed by atoms with van der Waals surface area (Å²) in [7, 11) is 0. The van der Waals surface area contributed by atoms with E-state index in [2.05, 4.69) is 15.0 Å². The molecule has 110 valence electrons.